The molecule has 0 bridgehead atoms. The second-order valence-corrected chi connectivity index (χ2v) is 5.33. The fraction of sp³-hybridized carbons (Fsp3) is 0.182. The maximum atomic E-state index is 13.7. The van der Waals surface area contributed by atoms with Crippen LogP contribution in [0.3, 0.4) is 0 Å². The molecule has 0 saturated heterocycles. The summed E-state index contributed by atoms with van der Waals surface area (Å²) in [5.41, 5.74) is 6.84. The van der Waals surface area contributed by atoms with Gasteiger partial charge in [0.05, 0.1) is 5.01 Å². The largest absolute Gasteiger partial charge is 0.389 e. The van der Waals surface area contributed by atoms with Crippen molar-refractivity contribution in [1.29, 1.82) is 0 Å². The number of rotatable bonds is 2. The van der Waals surface area contributed by atoms with Crippen LogP contribution in [0.1, 0.15) is 11.9 Å². The van der Waals surface area contributed by atoms with E-state index in [0.29, 0.717) is 20.7 Å². The summed E-state index contributed by atoms with van der Waals surface area (Å²) in [6.07, 6.45) is 0.813. The topological polar surface area (TPSA) is 38.9 Å². The van der Waals surface area contributed by atoms with E-state index in [-0.39, 0.29) is 5.82 Å². The number of nitrogens with two attached hydrogens (primary N) is 1. The number of anilines is 1. The van der Waals surface area contributed by atoms with E-state index < -0.39 is 0 Å². The summed E-state index contributed by atoms with van der Waals surface area (Å²) < 4.78 is 14.4. The van der Waals surface area contributed by atoms with Gasteiger partial charge in [0.1, 0.15) is 16.5 Å². The first-order valence-electron chi connectivity index (χ1n) is 4.82. The van der Waals surface area contributed by atoms with E-state index in [9.17, 15) is 4.39 Å². The van der Waals surface area contributed by atoms with Crippen molar-refractivity contribution in [2.75, 3.05) is 5.73 Å². The molecular weight excluding hydrogens is 291 g/mol. The predicted octanol–water partition coefficient (Wildman–Crippen LogP) is 3.86. The Bertz CT molecular complexity index is 525. The molecule has 2 rings (SSSR count). The number of halogens is 2. The van der Waals surface area contributed by atoms with Gasteiger partial charge in [-0.1, -0.05) is 22.9 Å². The summed E-state index contributed by atoms with van der Waals surface area (Å²) in [5, 5.41) is 1.49. The van der Waals surface area contributed by atoms with Crippen LogP contribution in [0.4, 0.5) is 9.39 Å². The van der Waals surface area contributed by atoms with Gasteiger partial charge in [-0.05, 0) is 24.6 Å². The summed E-state index contributed by atoms with van der Waals surface area (Å²) in [6, 6.07) is 4.88. The number of aryl methyl sites for hydroxylation is 1. The highest BCUT2D eigenvalue weighted by Crippen LogP contribution is 2.33. The number of hydrogen-bond acceptors (Lipinski definition) is 3. The first-order chi connectivity index (χ1) is 7.61. The molecule has 1 aromatic heterocycles. The van der Waals surface area contributed by atoms with Crippen LogP contribution in [0.15, 0.2) is 22.7 Å². The minimum atomic E-state index is -0.311. The quantitative estimate of drug-likeness (QED) is 0.915. The average molecular weight is 301 g/mol. The van der Waals surface area contributed by atoms with Crippen LogP contribution in [0, 0.1) is 5.82 Å². The first kappa shape index (κ1) is 11.5. The lowest BCUT2D eigenvalue weighted by atomic mass is 10.1. The number of nitrogen functional groups attached to an aromatic ring is 1. The smallest absolute Gasteiger partial charge is 0.133 e. The van der Waals surface area contributed by atoms with E-state index in [1.807, 2.05) is 6.92 Å². The molecule has 0 amide bonds. The molecule has 0 radical (unpaired) electrons. The van der Waals surface area contributed by atoms with Crippen LogP contribution in [-0.2, 0) is 6.42 Å². The Labute approximate surface area is 105 Å². The van der Waals surface area contributed by atoms with Crippen molar-refractivity contribution in [2.45, 2.75) is 13.3 Å². The maximum Gasteiger partial charge on any atom is 0.133 e. The molecule has 0 aliphatic rings. The van der Waals surface area contributed by atoms with Crippen molar-refractivity contribution in [1.82, 2.24) is 4.98 Å². The Balaban J connectivity index is 2.53. The Hall–Kier alpha value is -0.940. The fourth-order valence-electron chi connectivity index (χ4n) is 1.40. The molecular formula is C11H10BrFN2S. The molecule has 0 atom stereocenters. The van der Waals surface area contributed by atoms with Gasteiger partial charge in [0.2, 0.25) is 0 Å². The molecule has 5 heteroatoms. The van der Waals surface area contributed by atoms with Crippen molar-refractivity contribution in [3.8, 4) is 11.3 Å². The van der Waals surface area contributed by atoms with Gasteiger partial charge < -0.3 is 5.73 Å². The second-order valence-electron chi connectivity index (χ2n) is 3.30. The van der Waals surface area contributed by atoms with Crippen LogP contribution in [0.25, 0.3) is 11.3 Å². The van der Waals surface area contributed by atoms with Crippen LogP contribution >= 0.6 is 27.3 Å². The lowest BCUT2D eigenvalue weighted by Crippen LogP contribution is -1.89. The Morgan fingerprint density at radius 1 is 1.50 bits per heavy atom. The highest BCUT2D eigenvalue weighted by molar-refractivity contribution is 9.10. The lowest BCUT2D eigenvalue weighted by molar-refractivity contribution is 0.630. The zero-order valence-corrected chi connectivity index (χ0v) is 11.0. The monoisotopic (exact) mass is 300 g/mol. The summed E-state index contributed by atoms with van der Waals surface area (Å²) in [7, 11) is 0. The molecule has 0 aliphatic heterocycles. The van der Waals surface area contributed by atoms with Gasteiger partial charge in [0.15, 0.2) is 0 Å². The third kappa shape index (κ3) is 2.10. The molecule has 1 heterocycles. The van der Waals surface area contributed by atoms with Gasteiger partial charge in [0.25, 0.3) is 0 Å². The number of aromatic nitrogens is 1. The SMILES string of the molecule is CCc1nc(-c2ccc(Br)cc2F)c(N)s1. The molecule has 2 aromatic rings. The molecule has 1 aromatic carbocycles. The van der Waals surface area contributed by atoms with Crippen molar-refractivity contribution in [3.05, 3.63) is 33.5 Å². The predicted molar refractivity (Wildman–Crippen MR) is 69.0 cm³/mol. The van der Waals surface area contributed by atoms with E-state index in [1.54, 1.807) is 12.1 Å². The molecule has 0 unspecified atom stereocenters. The zero-order valence-electron chi connectivity index (χ0n) is 8.63. The van der Waals surface area contributed by atoms with Crippen LogP contribution in [-0.4, -0.2) is 4.98 Å². The Morgan fingerprint density at radius 3 is 2.81 bits per heavy atom. The van der Waals surface area contributed by atoms with E-state index >= 15 is 0 Å². The van der Waals surface area contributed by atoms with Crippen molar-refractivity contribution < 1.29 is 4.39 Å². The van der Waals surface area contributed by atoms with Crippen molar-refractivity contribution in [2.24, 2.45) is 0 Å². The van der Waals surface area contributed by atoms with Gasteiger partial charge in [-0.3, -0.25) is 0 Å². The average Bonchev–Trinajstić information content (AvgIpc) is 2.60. The molecule has 0 saturated carbocycles. The molecule has 0 spiro atoms. The standard InChI is InChI=1S/C11H10BrFN2S/c1-2-9-15-10(11(14)16-9)7-4-3-6(12)5-8(7)13/h3-5H,2,14H2,1H3. The van der Waals surface area contributed by atoms with Gasteiger partial charge in [-0.2, -0.15) is 0 Å². The van der Waals surface area contributed by atoms with Crippen molar-refractivity contribution in [3.63, 3.8) is 0 Å². The number of benzene rings is 1. The van der Waals surface area contributed by atoms with Crippen molar-refractivity contribution >= 4 is 32.3 Å². The zero-order chi connectivity index (χ0) is 11.7. The molecule has 16 heavy (non-hydrogen) atoms. The third-order valence-corrected chi connectivity index (χ3v) is 3.71. The van der Waals surface area contributed by atoms with E-state index in [0.717, 1.165) is 11.4 Å². The maximum absolute atomic E-state index is 13.7. The number of nitrogens with zero attached hydrogens (tertiary/aromatic N) is 1. The van der Waals surface area contributed by atoms with Gasteiger partial charge in [-0.15, -0.1) is 11.3 Å². The summed E-state index contributed by atoms with van der Waals surface area (Å²) >= 11 is 4.63. The van der Waals surface area contributed by atoms with E-state index in [1.165, 1.54) is 17.4 Å². The summed E-state index contributed by atoms with van der Waals surface area (Å²) in [5.74, 6) is -0.311. The minimum absolute atomic E-state index is 0.311. The fourth-order valence-corrected chi connectivity index (χ4v) is 2.52. The Kier molecular flexibility index (Phi) is 3.25. The number of thiazole rings is 1. The molecule has 0 fully saturated rings. The van der Waals surface area contributed by atoms with E-state index in [4.69, 9.17) is 5.73 Å². The Morgan fingerprint density at radius 2 is 2.25 bits per heavy atom. The number of hydrogen-bond donors (Lipinski definition) is 1. The van der Waals surface area contributed by atoms with Crippen LogP contribution in [0.2, 0.25) is 0 Å². The molecule has 84 valence electrons. The highest BCUT2D eigenvalue weighted by atomic mass is 79.9. The highest BCUT2D eigenvalue weighted by Gasteiger charge is 2.13. The second kappa shape index (κ2) is 4.51. The van der Waals surface area contributed by atoms with Gasteiger partial charge in [-0.25, -0.2) is 9.37 Å². The van der Waals surface area contributed by atoms with Crippen LogP contribution < -0.4 is 5.73 Å². The normalized spacial score (nSPS) is 10.7. The lowest BCUT2D eigenvalue weighted by Gasteiger charge is -2.01. The molecule has 2 nitrogen and oxygen atoms in total. The molecule has 2 N–H and O–H groups in total. The van der Waals surface area contributed by atoms with Gasteiger partial charge >= 0.3 is 0 Å². The first-order valence-corrected chi connectivity index (χ1v) is 6.43. The van der Waals surface area contributed by atoms with Gasteiger partial charge in [0, 0.05) is 10.0 Å². The van der Waals surface area contributed by atoms with Crippen LogP contribution in [0.5, 0.6) is 0 Å². The van der Waals surface area contributed by atoms with E-state index in [2.05, 4.69) is 20.9 Å². The summed E-state index contributed by atoms with van der Waals surface area (Å²) in [4.78, 5) is 4.33. The minimum Gasteiger partial charge on any atom is -0.389 e. The molecule has 0 aliphatic carbocycles. The third-order valence-electron chi connectivity index (χ3n) is 2.19. The summed E-state index contributed by atoms with van der Waals surface area (Å²) in [6.45, 7) is 2.00.